The molecule has 26 heavy (non-hydrogen) atoms. The average molecular weight is 362 g/mol. The van der Waals surface area contributed by atoms with Crippen LogP contribution in [0.5, 0.6) is 0 Å². The van der Waals surface area contributed by atoms with E-state index in [2.05, 4.69) is 41.8 Å². The van der Waals surface area contributed by atoms with Crippen molar-refractivity contribution in [3.63, 3.8) is 0 Å². The van der Waals surface area contributed by atoms with Crippen LogP contribution in [-0.2, 0) is 4.74 Å². The van der Waals surface area contributed by atoms with Crippen LogP contribution in [0.25, 0.3) is 0 Å². The molecule has 0 bridgehead atoms. The Morgan fingerprint density at radius 1 is 1.00 bits per heavy atom. The number of hydrogen-bond acceptors (Lipinski definition) is 5. The maximum Gasteiger partial charge on any atom is 0.150 e. The average Bonchev–Trinajstić information content (AvgIpc) is 2.70. The van der Waals surface area contributed by atoms with E-state index in [9.17, 15) is 4.79 Å². The van der Waals surface area contributed by atoms with Gasteiger partial charge < -0.3 is 20.3 Å². The number of piperidine rings is 2. The summed E-state index contributed by atoms with van der Waals surface area (Å²) in [7, 11) is 4.15. The first kappa shape index (κ1) is 21.0. The molecule has 2 saturated heterocycles. The van der Waals surface area contributed by atoms with Gasteiger partial charge >= 0.3 is 0 Å². The van der Waals surface area contributed by atoms with Crippen LogP contribution >= 0.6 is 0 Å². The lowest BCUT2D eigenvalue weighted by Gasteiger charge is -2.23. The van der Waals surface area contributed by atoms with Crippen molar-refractivity contribution in [2.24, 2.45) is 0 Å². The van der Waals surface area contributed by atoms with Crippen molar-refractivity contribution >= 4 is 6.29 Å². The smallest absolute Gasteiger partial charge is 0.150 e. The van der Waals surface area contributed by atoms with Crippen molar-refractivity contribution in [1.82, 2.24) is 15.5 Å². The first-order valence-electron chi connectivity index (χ1n) is 9.92. The third-order valence-corrected chi connectivity index (χ3v) is 5.06. The normalized spacial score (nSPS) is 19.0. The summed E-state index contributed by atoms with van der Waals surface area (Å²) in [5, 5.41) is 6.67. The van der Waals surface area contributed by atoms with Crippen molar-refractivity contribution in [2.45, 2.75) is 37.7 Å². The van der Waals surface area contributed by atoms with Gasteiger partial charge in [0.2, 0.25) is 0 Å². The molecular formula is C21H35N3O2. The van der Waals surface area contributed by atoms with Gasteiger partial charge in [-0.3, -0.25) is 4.79 Å². The molecule has 0 unspecified atom stereocenters. The number of benzene rings is 1. The van der Waals surface area contributed by atoms with E-state index >= 15 is 0 Å². The molecule has 3 rings (SSSR count). The van der Waals surface area contributed by atoms with E-state index in [0.717, 1.165) is 51.2 Å². The Balaban J connectivity index is 0.000000190. The van der Waals surface area contributed by atoms with Crippen molar-refractivity contribution in [3.05, 3.63) is 35.4 Å². The summed E-state index contributed by atoms with van der Waals surface area (Å²) in [6.07, 6.45) is 6.17. The highest BCUT2D eigenvalue weighted by atomic mass is 16.5. The number of aldehydes is 1. The van der Waals surface area contributed by atoms with Crippen molar-refractivity contribution in [3.8, 4) is 0 Å². The predicted molar refractivity (Wildman–Crippen MR) is 107 cm³/mol. The minimum absolute atomic E-state index is 0.506. The SMILES string of the molecule is CN(C)CCOC1CCNCC1.O=Cc1ccc(C2CCNCC2)cc1. The van der Waals surface area contributed by atoms with Gasteiger partial charge in [0.25, 0.3) is 0 Å². The molecule has 0 aromatic heterocycles. The summed E-state index contributed by atoms with van der Waals surface area (Å²) >= 11 is 0. The van der Waals surface area contributed by atoms with E-state index in [1.807, 2.05) is 12.1 Å². The summed E-state index contributed by atoms with van der Waals surface area (Å²) in [4.78, 5) is 12.6. The van der Waals surface area contributed by atoms with E-state index in [4.69, 9.17) is 4.74 Å². The Morgan fingerprint density at radius 3 is 2.12 bits per heavy atom. The van der Waals surface area contributed by atoms with Gasteiger partial charge in [-0.25, -0.2) is 0 Å². The Bertz CT molecular complexity index is 492. The number of nitrogens with zero attached hydrogens (tertiary/aromatic N) is 1. The van der Waals surface area contributed by atoms with Crippen LogP contribution < -0.4 is 10.6 Å². The molecule has 2 aliphatic heterocycles. The first-order valence-corrected chi connectivity index (χ1v) is 9.92. The van der Waals surface area contributed by atoms with E-state index in [-0.39, 0.29) is 0 Å². The molecule has 2 fully saturated rings. The molecule has 0 atom stereocenters. The van der Waals surface area contributed by atoms with Gasteiger partial charge in [0.15, 0.2) is 0 Å². The van der Waals surface area contributed by atoms with Crippen LogP contribution in [-0.4, -0.2) is 70.7 Å². The maximum atomic E-state index is 10.5. The summed E-state index contributed by atoms with van der Waals surface area (Å²) in [5.41, 5.74) is 2.14. The molecule has 1 aromatic carbocycles. The molecule has 5 heteroatoms. The predicted octanol–water partition coefficient (Wildman–Crippen LogP) is 2.28. The molecule has 0 saturated carbocycles. The zero-order valence-corrected chi connectivity index (χ0v) is 16.4. The summed E-state index contributed by atoms with van der Waals surface area (Å²) < 4.78 is 5.71. The molecule has 0 spiro atoms. The fraction of sp³-hybridized carbons (Fsp3) is 0.667. The fourth-order valence-corrected chi connectivity index (χ4v) is 3.37. The van der Waals surface area contributed by atoms with E-state index in [0.29, 0.717) is 12.0 Å². The van der Waals surface area contributed by atoms with Gasteiger partial charge in [-0.2, -0.15) is 0 Å². The summed E-state index contributed by atoms with van der Waals surface area (Å²) in [5.74, 6) is 0.678. The Kier molecular flexibility index (Phi) is 9.85. The molecule has 5 nitrogen and oxygen atoms in total. The van der Waals surface area contributed by atoms with Crippen molar-refractivity contribution in [2.75, 3.05) is 53.4 Å². The first-order chi connectivity index (χ1) is 12.7. The summed E-state index contributed by atoms with van der Waals surface area (Å²) in [6, 6.07) is 7.98. The van der Waals surface area contributed by atoms with E-state index < -0.39 is 0 Å². The number of likely N-dealkylation sites (N-methyl/N-ethyl adjacent to an activating group) is 1. The molecular weight excluding hydrogens is 326 g/mol. The van der Waals surface area contributed by atoms with Crippen LogP contribution in [0.3, 0.4) is 0 Å². The minimum Gasteiger partial charge on any atom is -0.377 e. The Labute approximate surface area is 158 Å². The lowest BCUT2D eigenvalue weighted by Crippen LogP contribution is -2.33. The number of ether oxygens (including phenoxy) is 1. The second-order valence-electron chi connectivity index (χ2n) is 7.43. The second-order valence-corrected chi connectivity index (χ2v) is 7.43. The Hall–Kier alpha value is -1.27. The molecule has 2 aliphatic rings. The highest BCUT2D eigenvalue weighted by molar-refractivity contribution is 5.74. The lowest BCUT2D eigenvalue weighted by molar-refractivity contribution is 0.0256. The maximum absolute atomic E-state index is 10.5. The van der Waals surface area contributed by atoms with Crippen molar-refractivity contribution < 1.29 is 9.53 Å². The number of carbonyl (C=O) groups excluding carboxylic acids is 1. The number of rotatable bonds is 6. The van der Waals surface area contributed by atoms with Crippen LogP contribution in [0.2, 0.25) is 0 Å². The van der Waals surface area contributed by atoms with Gasteiger partial charge in [0, 0.05) is 12.1 Å². The van der Waals surface area contributed by atoms with E-state index in [1.165, 1.54) is 31.2 Å². The second kappa shape index (κ2) is 12.2. The van der Waals surface area contributed by atoms with Gasteiger partial charge in [-0.15, -0.1) is 0 Å². The Morgan fingerprint density at radius 2 is 1.58 bits per heavy atom. The number of nitrogens with one attached hydrogen (secondary N) is 2. The van der Waals surface area contributed by atoms with Crippen LogP contribution in [0.15, 0.2) is 24.3 Å². The molecule has 0 radical (unpaired) electrons. The molecule has 0 aliphatic carbocycles. The van der Waals surface area contributed by atoms with Crippen LogP contribution in [0.1, 0.15) is 47.5 Å². The highest BCUT2D eigenvalue weighted by Gasteiger charge is 2.14. The van der Waals surface area contributed by atoms with Crippen LogP contribution in [0.4, 0.5) is 0 Å². The number of hydrogen-bond donors (Lipinski definition) is 2. The van der Waals surface area contributed by atoms with Gasteiger partial charge in [0.1, 0.15) is 6.29 Å². The highest BCUT2D eigenvalue weighted by Crippen LogP contribution is 2.24. The van der Waals surface area contributed by atoms with Crippen LogP contribution in [0, 0.1) is 0 Å². The van der Waals surface area contributed by atoms with Crippen molar-refractivity contribution in [1.29, 1.82) is 0 Å². The van der Waals surface area contributed by atoms with Gasteiger partial charge in [-0.1, -0.05) is 24.3 Å². The lowest BCUT2D eigenvalue weighted by atomic mass is 9.90. The quantitative estimate of drug-likeness (QED) is 0.762. The van der Waals surface area contributed by atoms with Gasteiger partial charge in [0.05, 0.1) is 12.7 Å². The monoisotopic (exact) mass is 361 g/mol. The standard InChI is InChI=1S/C12H15NO.C9H20N2O/c14-9-10-1-3-11(4-2-10)12-5-7-13-8-6-12;1-11(2)7-8-12-9-3-5-10-6-4-9/h1-4,9,12-13H,5-8H2;9-10H,3-8H2,1-2H3. The topological polar surface area (TPSA) is 53.6 Å². The van der Waals surface area contributed by atoms with Gasteiger partial charge in [-0.05, 0) is 77.4 Å². The minimum atomic E-state index is 0.506. The number of carbonyl (C=O) groups is 1. The molecule has 2 N–H and O–H groups in total. The largest absolute Gasteiger partial charge is 0.377 e. The molecule has 2 heterocycles. The third-order valence-electron chi connectivity index (χ3n) is 5.06. The molecule has 146 valence electrons. The zero-order chi connectivity index (χ0) is 18.6. The zero-order valence-electron chi connectivity index (χ0n) is 16.4. The summed E-state index contributed by atoms with van der Waals surface area (Å²) in [6.45, 7) is 6.36. The third kappa shape index (κ3) is 7.96. The molecule has 1 aromatic rings. The fourth-order valence-electron chi connectivity index (χ4n) is 3.37. The van der Waals surface area contributed by atoms with E-state index in [1.54, 1.807) is 0 Å². The molecule has 0 amide bonds.